The summed E-state index contributed by atoms with van der Waals surface area (Å²) in [7, 11) is 2.18. The molecule has 2 heterocycles. The minimum Gasteiger partial charge on any atom is -0.371 e. The van der Waals surface area contributed by atoms with Crippen LogP contribution in [0, 0.1) is 0 Å². The zero-order valence-electron chi connectivity index (χ0n) is 19.4. The summed E-state index contributed by atoms with van der Waals surface area (Å²) in [6.45, 7) is 5.07. The molecule has 0 radical (unpaired) electrons. The lowest BCUT2D eigenvalue weighted by Crippen LogP contribution is -2.26. The molecule has 0 saturated carbocycles. The lowest BCUT2D eigenvalue weighted by molar-refractivity contribution is 0.537. The lowest BCUT2D eigenvalue weighted by Gasteiger charge is -2.28. The van der Waals surface area contributed by atoms with E-state index in [1.807, 2.05) is 12.3 Å². The summed E-state index contributed by atoms with van der Waals surface area (Å²) < 4.78 is 2.06. The van der Waals surface area contributed by atoms with Gasteiger partial charge in [0.25, 0.3) is 0 Å². The molecule has 1 aliphatic rings. The Balaban J connectivity index is 1.50. The van der Waals surface area contributed by atoms with Crippen molar-refractivity contribution in [3.63, 3.8) is 0 Å². The van der Waals surface area contributed by atoms with Gasteiger partial charge in [-0.2, -0.15) is 5.10 Å². The maximum Gasteiger partial charge on any atom is 0.148 e. The Morgan fingerprint density at radius 1 is 0.879 bits per heavy atom. The van der Waals surface area contributed by atoms with Crippen molar-refractivity contribution in [3.8, 4) is 0 Å². The quantitative estimate of drug-likeness (QED) is 0.350. The lowest BCUT2D eigenvalue weighted by atomic mass is 9.97. The van der Waals surface area contributed by atoms with Crippen LogP contribution >= 0.6 is 0 Å². The van der Waals surface area contributed by atoms with Gasteiger partial charge in [-0.3, -0.25) is 0 Å². The van der Waals surface area contributed by atoms with Crippen molar-refractivity contribution in [1.29, 1.82) is 0 Å². The van der Waals surface area contributed by atoms with Crippen LogP contribution in [0.5, 0.6) is 0 Å². The molecule has 0 aliphatic carbocycles. The molecule has 0 amide bonds. The Morgan fingerprint density at radius 3 is 2.27 bits per heavy atom. The van der Waals surface area contributed by atoms with Gasteiger partial charge in [0.1, 0.15) is 5.82 Å². The number of para-hydroxylation sites is 1. The molecule has 168 valence electrons. The van der Waals surface area contributed by atoms with Crippen molar-refractivity contribution < 1.29 is 0 Å². The second kappa shape index (κ2) is 9.02. The van der Waals surface area contributed by atoms with Gasteiger partial charge in [-0.05, 0) is 31.0 Å². The number of aromatic nitrogens is 2. The Bertz CT molecular complexity index is 1200. The molecule has 1 aromatic heterocycles. The second-order valence-electron chi connectivity index (χ2n) is 8.93. The zero-order chi connectivity index (χ0) is 22.8. The highest BCUT2D eigenvalue weighted by atomic mass is 15.4. The van der Waals surface area contributed by atoms with Crippen molar-refractivity contribution in [3.05, 3.63) is 108 Å². The number of nitrogens with zero attached hydrogens (tertiary/aromatic N) is 3. The maximum absolute atomic E-state index is 4.72. The summed E-state index contributed by atoms with van der Waals surface area (Å²) in [5.41, 5.74) is 6.13. The molecule has 0 spiro atoms. The van der Waals surface area contributed by atoms with Gasteiger partial charge in [-0.1, -0.05) is 78.9 Å². The van der Waals surface area contributed by atoms with Gasteiger partial charge in [0, 0.05) is 30.9 Å². The van der Waals surface area contributed by atoms with E-state index in [9.17, 15) is 0 Å². The first-order chi connectivity index (χ1) is 16.1. The number of nitrogens with one attached hydrogen (secondary N) is 2. The van der Waals surface area contributed by atoms with Crippen LogP contribution in [0.25, 0.3) is 0 Å². The summed E-state index contributed by atoms with van der Waals surface area (Å²) in [5.74, 6) is 1.02. The number of likely N-dealkylation sites (N-methyl/N-ethyl adjacent to an activating group) is 1. The molecule has 33 heavy (non-hydrogen) atoms. The number of anilines is 3. The SMILES string of the molecule is CC(C)n1ncc(NC2c3ccccc3N(C)C2c2ccccc2)c1NCc1ccccc1. The second-order valence-corrected chi connectivity index (χ2v) is 8.93. The molecule has 4 aromatic rings. The number of hydrogen-bond donors (Lipinski definition) is 2. The van der Waals surface area contributed by atoms with E-state index in [-0.39, 0.29) is 18.1 Å². The number of rotatable bonds is 7. The van der Waals surface area contributed by atoms with Crippen molar-refractivity contribution in [2.45, 2.75) is 38.5 Å². The molecular weight excluding hydrogens is 406 g/mol. The van der Waals surface area contributed by atoms with E-state index >= 15 is 0 Å². The van der Waals surface area contributed by atoms with Crippen LogP contribution < -0.4 is 15.5 Å². The van der Waals surface area contributed by atoms with Crippen molar-refractivity contribution >= 4 is 17.2 Å². The largest absolute Gasteiger partial charge is 0.371 e. The molecule has 0 fully saturated rings. The first-order valence-corrected chi connectivity index (χ1v) is 11.6. The van der Waals surface area contributed by atoms with E-state index < -0.39 is 0 Å². The van der Waals surface area contributed by atoms with Crippen molar-refractivity contribution in [1.82, 2.24) is 9.78 Å². The fourth-order valence-corrected chi connectivity index (χ4v) is 4.82. The van der Waals surface area contributed by atoms with E-state index in [2.05, 4.69) is 120 Å². The number of hydrogen-bond acceptors (Lipinski definition) is 4. The number of benzene rings is 3. The Morgan fingerprint density at radius 2 is 1.55 bits per heavy atom. The van der Waals surface area contributed by atoms with Crippen LogP contribution in [-0.4, -0.2) is 16.8 Å². The van der Waals surface area contributed by atoms with Crippen LogP contribution in [0.4, 0.5) is 17.2 Å². The monoisotopic (exact) mass is 437 g/mol. The van der Waals surface area contributed by atoms with Crippen LogP contribution in [-0.2, 0) is 6.54 Å². The van der Waals surface area contributed by atoms with Gasteiger partial charge in [-0.25, -0.2) is 4.68 Å². The van der Waals surface area contributed by atoms with Crippen molar-refractivity contribution in [2.75, 3.05) is 22.6 Å². The third-order valence-corrected chi connectivity index (χ3v) is 6.42. The highest BCUT2D eigenvalue weighted by Gasteiger charge is 2.38. The van der Waals surface area contributed by atoms with Gasteiger partial charge < -0.3 is 15.5 Å². The average Bonchev–Trinajstić information content (AvgIpc) is 3.38. The Labute approximate surface area is 196 Å². The van der Waals surface area contributed by atoms with E-state index in [4.69, 9.17) is 5.10 Å². The molecule has 2 unspecified atom stereocenters. The summed E-state index contributed by atoms with van der Waals surface area (Å²) in [5, 5.41) is 12.2. The Kier molecular flexibility index (Phi) is 5.78. The first kappa shape index (κ1) is 21.1. The predicted molar refractivity (Wildman–Crippen MR) is 137 cm³/mol. The molecule has 5 nitrogen and oxygen atoms in total. The Hall–Kier alpha value is -3.73. The van der Waals surface area contributed by atoms with Crippen molar-refractivity contribution in [2.24, 2.45) is 0 Å². The predicted octanol–water partition coefficient (Wildman–Crippen LogP) is 6.42. The van der Waals surface area contributed by atoms with Gasteiger partial charge >= 0.3 is 0 Å². The minimum absolute atomic E-state index is 0.107. The minimum atomic E-state index is 0.107. The molecule has 3 aromatic carbocycles. The van der Waals surface area contributed by atoms with Crippen LogP contribution in [0.1, 0.15) is 48.7 Å². The maximum atomic E-state index is 4.72. The van der Waals surface area contributed by atoms with Gasteiger partial charge in [0.05, 0.1) is 24.0 Å². The van der Waals surface area contributed by atoms with E-state index in [1.165, 1.54) is 22.4 Å². The molecule has 1 aliphatic heterocycles. The normalized spacial score (nSPS) is 17.3. The van der Waals surface area contributed by atoms with E-state index in [0.29, 0.717) is 0 Å². The topological polar surface area (TPSA) is 45.1 Å². The third kappa shape index (κ3) is 4.07. The standard InChI is InChI=1S/C28H31N5/c1-20(2)33-28(29-18-21-12-6-4-7-13-21)24(19-30-33)31-26-23-16-10-11-17-25(23)32(3)27(26)22-14-8-5-9-15-22/h4-17,19-20,26-27,29,31H,18H2,1-3H3. The summed E-state index contributed by atoms with van der Waals surface area (Å²) in [4.78, 5) is 2.38. The molecule has 0 bridgehead atoms. The molecule has 0 saturated heterocycles. The van der Waals surface area contributed by atoms with Gasteiger partial charge in [0.15, 0.2) is 0 Å². The van der Waals surface area contributed by atoms with Crippen LogP contribution in [0.15, 0.2) is 91.1 Å². The highest BCUT2D eigenvalue weighted by Crippen LogP contribution is 2.48. The van der Waals surface area contributed by atoms with Crippen LogP contribution in [0.2, 0.25) is 0 Å². The summed E-state index contributed by atoms with van der Waals surface area (Å²) in [6, 6.07) is 30.5. The molecule has 2 N–H and O–H groups in total. The fraction of sp³-hybridized carbons (Fsp3) is 0.250. The molecule has 5 rings (SSSR count). The summed E-state index contributed by atoms with van der Waals surface area (Å²) >= 11 is 0. The highest BCUT2D eigenvalue weighted by molar-refractivity contribution is 5.70. The third-order valence-electron chi connectivity index (χ3n) is 6.42. The van der Waals surface area contributed by atoms with E-state index in [0.717, 1.165) is 18.1 Å². The average molecular weight is 438 g/mol. The number of fused-ring (bicyclic) bond motifs is 1. The van der Waals surface area contributed by atoms with Crippen LogP contribution in [0.3, 0.4) is 0 Å². The zero-order valence-corrected chi connectivity index (χ0v) is 19.4. The van der Waals surface area contributed by atoms with Gasteiger partial charge in [-0.15, -0.1) is 0 Å². The van der Waals surface area contributed by atoms with Gasteiger partial charge in [0.2, 0.25) is 0 Å². The smallest absolute Gasteiger partial charge is 0.148 e. The first-order valence-electron chi connectivity index (χ1n) is 11.6. The molecular formula is C28H31N5. The summed E-state index contributed by atoms with van der Waals surface area (Å²) in [6.07, 6.45) is 1.95. The fourth-order valence-electron chi connectivity index (χ4n) is 4.82. The molecule has 2 atom stereocenters. The molecule has 5 heteroatoms. The van der Waals surface area contributed by atoms with E-state index in [1.54, 1.807) is 0 Å².